The number of carbonyl (C=O) groups excluding carboxylic acids is 1. The molecule has 0 amide bonds. The fraction of sp³-hybridized carbons (Fsp3) is 0.667. The minimum Gasteiger partial charge on any atom is -0.469 e. The van der Waals surface area contributed by atoms with Gasteiger partial charge in [0.1, 0.15) is 0 Å². The van der Waals surface area contributed by atoms with Crippen LogP contribution in [0.1, 0.15) is 31.9 Å². The molecule has 17 heavy (non-hydrogen) atoms. The summed E-state index contributed by atoms with van der Waals surface area (Å²) in [5.41, 5.74) is 0.787. The van der Waals surface area contributed by atoms with Gasteiger partial charge in [-0.1, -0.05) is 13.3 Å². The van der Waals surface area contributed by atoms with Gasteiger partial charge < -0.3 is 10.1 Å². The van der Waals surface area contributed by atoms with Crippen LogP contribution in [-0.4, -0.2) is 24.1 Å². The standard InChI is InChI=1S/C12H18N2O2S/c1-8-4-3-5-10(8)14-12-13-9(7-17-12)6-11(15)16-2/h7-8,10H,3-6H2,1-2H3,(H,13,14). The van der Waals surface area contributed by atoms with Crippen molar-refractivity contribution in [2.24, 2.45) is 5.92 Å². The highest BCUT2D eigenvalue weighted by atomic mass is 32.1. The number of methoxy groups -OCH3 is 1. The zero-order chi connectivity index (χ0) is 12.3. The molecular formula is C12H18N2O2S. The highest BCUT2D eigenvalue weighted by molar-refractivity contribution is 7.13. The molecule has 0 spiro atoms. The molecule has 2 atom stereocenters. The molecule has 1 aromatic heterocycles. The van der Waals surface area contributed by atoms with Crippen LogP contribution in [0.3, 0.4) is 0 Å². The molecule has 2 rings (SSSR count). The van der Waals surface area contributed by atoms with E-state index in [-0.39, 0.29) is 12.4 Å². The first kappa shape index (κ1) is 12.4. The van der Waals surface area contributed by atoms with Gasteiger partial charge in [0.05, 0.1) is 19.2 Å². The molecule has 1 saturated carbocycles. The number of rotatable bonds is 4. The second-order valence-electron chi connectivity index (χ2n) is 4.56. The SMILES string of the molecule is COC(=O)Cc1csc(NC2CCCC2C)n1. The normalized spacial score (nSPS) is 23.6. The summed E-state index contributed by atoms with van der Waals surface area (Å²) >= 11 is 1.56. The smallest absolute Gasteiger partial charge is 0.311 e. The van der Waals surface area contributed by atoms with E-state index in [2.05, 4.69) is 22.0 Å². The lowest BCUT2D eigenvalue weighted by atomic mass is 10.1. The second kappa shape index (κ2) is 5.49. The predicted molar refractivity (Wildman–Crippen MR) is 68.3 cm³/mol. The number of esters is 1. The van der Waals surface area contributed by atoms with E-state index in [9.17, 15) is 4.79 Å². The molecule has 1 aromatic rings. The number of carbonyl (C=O) groups is 1. The molecule has 0 aliphatic heterocycles. The van der Waals surface area contributed by atoms with Crippen LogP contribution in [0, 0.1) is 5.92 Å². The number of ether oxygens (including phenoxy) is 1. The third-order valence-corrected chi connectivity index (χ3v) is 4.10. The van der Waals surface area contributed by atoms with Gasteiger partial charge in [0.2, 0.25) is 0 Å². The van der Waals surface area contributed by atoms with Crippen molar-refractivity contribution < 1.29 is 9.53 Å². The molecule has 1 N–H and O–H groups in total. The summed E-state index contributed by atoms with van der Waals surface area (Å²) < 4.78 is 4.62. The zero-order valence-corrected chi connectivity index (χ0v) is 11.0. The van der Waals surface area contributed by atoms with Crippen LogP contribution >= 0.6 is 11.3 Å². The molecule has 0 saturated heterocycles. The minimum absolute atomic E-state index is 0.240. The van der Waals surface area contributed by atoms with Gasteiger partial charge in [0.25, 0.3) is 0 Å². The maximum Gasteiger partial charge on any atom is 0.311 e. The van der Waals surface area contributed by atoms with Crippen LogP contribution in [0.15, 0.2) is 5.38 Å². The highest BCUT2D eigenvalue weighted by Gasteiger charge is 2.23. The maximum atomic E-state index is 11.1. The van der Waals surface area contributed by atoms with Gasteiger partial charge in [-0.25, -0.2) is 4.98 Å². The van der Waals surface area contributed by atoms with E-state index < -0.39 is 0 Å². The van der Waals surface area contributed by atoms with Crippen molar-refractivity contribution in [3.8, 4) is 0 Å². The average Bonchev–Trinajstić information content (AvgIpc) is 2.90. The largest absolute Gasteiger partial charge is 0.469 e. The lowest BCUT2D eigenvalue weighted by Gasteiger charge is -2.15. The predicted octanol–water partition coefficient (Wildman–Crippen LogP) is 2.46. The molecule has 1 aliphatic carbocycles. The summed E-state index contributed by atoms with van der Waals surface area (Å²) in [4.78, 5) is 15.5. The van der Waals surface area contributed by atoms with Crippen LogP contribution in [0.5, 0.6) is 0 Å². The van der Waals surface area contributed by atoms with Crippen molar-refractivity contribution in [3.63, 3.8) is 0 Å². The Bertz CT molecular complexity index is 392. The summed E-state index contributed by atoms with van der Waals surface area (Å²) in [7, 11) is 1.40. The van der Waals surface area contributed by atoms with Crippen molar-refractivity contribution in [2.45, 2.75) is 38.6 Å². The van der Waals surface area contributed by atoms with Crippen LogP contribution in [-0.2, 0) is 16.0 Å². The van der Waals surface area contributed by atoms with Gasteiger partial charge in [-0.2, -0.15) is 0 Å². The van der Waals surface area contributed by atoms with Crippen LogP contribution in [0.25, 0.3) is 0 Å². The van der Waals surface area contributed by atoms with Gasteiger partial charge >= 0.3 is 5.97 Å². The first-order chi connectivity index (χ1) is 8.19. The molecule has 1 aliphatic rings. The van der Waals surface area contributed by atoms with E-state index in [1.54, 1.807) is 11.3 Å². The number of hydrogen-bond acceptors (Lipinski definition) is 5. The van der Waals surface area contributed by atoms with Crippen molar-refractivity contribution >= 4 is 22.4 Å². The Kier molecular flexibility index (Phi) is 3.99. The first-order valence-electron chi connectivity index (χ1n) is 5.97. The third-order valence-electron chi connectivity index (χ3n) is 3.28. The molecule has 2 unspecified atom stereocenters. The number of aromatic nitrogens is 1. The Morgan fingerprint density at radius 1 is 1.65 bits per heavy atom. The number of anilines is 1. The van der Waals surface area contributed by atoms with Gasteiger partial charge in [-0.05, 0) is 18.8 Å². The Morgan fingerprint density at radius 2 is 2.47 bits per heavy atom. The fourth-order valence-corrected chi connectivity index (χ4v) is 2.97. The number of hydrogen-bond donors (Lipinski definition) is 1. The average molecular weight is 254 g/mol. The fourth-order valence-electron chi connectivity index (χ4n) is 2.19. The quantitative estimate of drug-likeness (QED) is 0.839. The Labute approximate surface area is 105 Å². The van der Waals surface area contributed by atoms with E-state index in [4.69, 9.17) is 0 Å². The third kappa shape index (κ3) is 3.19. The maximum absolute atomic E-state index is 11.1. The summed E-state index contributed by atoms with van der Waals surface area (Å²) in [6.45, 7) is 2.27. The molecule has 94 valence electrons. The summed E-state index contributed by atoms with van der Waals surface area (Å²) in [6.07, 6.45) is 4.05. The minimum atomic E-state index is -0.240. The van der Waals surface area contributed by atoms with E-state index in [0.717, 1.165) is 10.8 Å². The van der Waals surface area contributed by atoms with Crippen molar-refractivity contribution in [3.05, 3.63) is 11.1 Å². The van der Waals surface area contributed by atoms with Crippen molar-refractivity contribution in [2.75, 3.05) is 12.4 Å². The molecule has 1 fully saturated rings. The van der Waals surface area contributed by atoms with Gasteiger partial charge in [-0.3, -0.25) is 4.79 Å². The van der Waals surface area contributed by atoms with Gasteiger partial charge in [-0.15, -0.1) is 11.3 Å². The van der Waals surface area contributed by atoms with E-state index >= 15 is 0 Å². The summed E-state index contributed by atoms with van der Waals surface area (Å²) in [5.74, 6) is 0.471. The van der Waals surface area contributed by atoms with E-state index in [1.807, 2.05) is 5.38 Å². The van der Waals surface area contributed by atoms with E-state index in [1.165, 1.54) is 26.4 Å². The molecular weight excluding hydrogens is 236 g/mol. The number of nitrogens with zero attached hydrogens (tertiary/aromatic N) is 1. The van der Waals surface area contributed by atoms with Crippen LogP contribution in [0.2, 0.25) is 0 Å². The van der Waals surface area contributed by atoms with Crippen LogP contribution < -0.4 is 5.32 Å². The Hall–Kier alpha value is -1.10. The van der Waals surface area contributed by atoms with Crippen molar-refractivity contribution in [1.82, 2.24) is 4.98 Å². The lowest BCUT2D eigenvalue weighted by molar-refractivity contribution is -0.139. The molecule has 4 nitrogen and oxygen atoms in total. The zero-order valence-electron chi connectivity index (χ0n) is 10.2. The number of thiazole rings is 1. The highest BCUT2D eigenvalue weighted by Crippen LogP contribution is 2.29. The van der Waals surface area contributed by atoms with Crippen LogP contribution in [0.4, 0.5) is 5.13 Å². The first-order valence-corrected chi connectivity index (χ1v) is 6.84. The topological polar surface area (TPSA) is 51.2 Å². The monoisotopic (exact) mass is 254 g/mol. The lowest BCUT2D eigenvalue weighted by Crippen LogP contribution is -2.21. The van der Waals surface area contributed by atoms with Gasteiger partial charge in [0, 0.05) is 11.4 Å². The summed E-state index contributed by atoms with van der Waals surface area (Å²) in [5, 5.41) is 6.29. The summed E-state index contributed by atoms with van der Waals surface area (Å²) in [6, 6.07) is 0.534. The van der Waals surface area contributed by atoms with E-state index in [0.29, 0.717) is 12.0 Å². The van der Waals surface area contributed by atoms with Gasteiger partial charge in [0.15, 0.2) is 5.13 Å². The number of nitrogens with one attached hydrogen (secondary N) is 1. The molecule has 0 bridgehead atoms. The molecule has 0 aromatic carbocycles. The molecule has 0 radical (unpaired) electrons. The Balaban J connectivity index is 1.91. The molecule has 5 heteroatoms. The molecule has 1 heterocycles. The second-order valence-corrected chi connectivity index (χ2v) is 5.41. The van der Waals surface area contributed by atoms with Crippen molar-refractivity contribution in [1.29, 1.82) is 0 Å². The Morgan fingerprint density at radius 3 is 3.12 bits per heavy atom.